The highest BCUT2D eigenvalue weighted by molar-refractivity contribution is 5.69. The molecule has 6 heteroatoms. The van der Waals surface area contributed by atoms with E-state index in [2.05, 4.69) is 0 Å². The lowest BCUT2D eigenvalue weighted by Gasteiger charge is -2.38. The van der Waals surface area contributed by atoms with E-state index < -0.39 is 36.7 Å². The Labute approximate surface area is 93.8 Å². The molecule has 1 rings (SSSR count). The Morgan fingerprint density at radius 3 is 2.50 bits per heavy atom. The molecule has 0 saturated carbocycles. The Morgan fingerprint density at radius 1 is 1.31 bits per heavy atom. The predicted octanol–water partition coefficient (Wildman–Crippen LogP) is -0.843. The smallest absolute Gasteiger partial charge is 0.306 e. The van der Waals surface area contributed by atoms with E-state index in [-0.39, 0.29) is 6.42 Å². The second-order valence-electron chi connectivity index (χ2n) is 3.92. The van der Waals surface area contributed by atoms with Gasteiger partial charge in [0.25, 0.3) is 0 Å². The number of aliphatic hydroxyl groups is 3. The fourth-order valence-electron chi connectivity index (χ4n) is 1.57. The standard InChI is InChI=1S/C10H18O6/c1-3-4-6(11)16-9-7(12)5(2)15-10(14)8(9)13/h5,7-10,12-14H,3-4H2,1-2H3/t5-,7-,8-,9+,10+/m1/s1. The number of hydrogen-bond acceptors (Lipinski definition) is 6. The monoisotopic (exact) mass is 234 g/mol. The molecule has 0 bridgehead atoms. The van der Waals surface area contributed by atoms with Crippen molar-refractivity contribution in [2.75, 3.05) is 0 Å². The van der Waals surface area contributed by atoms with E-state index in [1.165, 1.54) is 6.92 Å². The van der Waals surface area contributed by atoms with Crippen LogP contribution in [0.25, 0.3) is 0 Å². The van der Waals surface area contributed by atoms with Crippen LogP contribution in [0, 0.1) is 0 Å². The zero-order chi connectivity index (χ0) is 12.3. The van der Waals surface area contributed by atoms with Gasteiger partial charge in [0.1, 0.15) is 12.2 Å². The quantitative estimate of drug-likeness (QED) is 0.551. The number of carbonyl (C=O) groups is 1. The van der Waals surface area contributed by atoms with Crippen molar-refractivity contribution in [3.63, 3.8) is 0 Å². The first-order chi connectivity index (χ1) is 7.47. The molecular formula is C10H18O6. The molecule has 3 N–H and O–H groups in total. The number of hydrogen-bond donors (Lipinski definition) is 3. The number of esters is 1. The normalized spacial score (nSPS) is 39.4. The number of rotatable bonds is 3. The van der Waals surface area contributed by atoms with Crippen LogP contribution in [0.15, 0.2) is 0 Å². The van der Waals surface area contributed by atoms with E-state index in [0.29, 0.717) is 6.42 Å². The maximum atomic E-state index is 11.2. The van der Waals surface area contributed by atoms with Crippen LogP contribution in [0.4, 0.5) is 0 Å². The molecule has 0 spiro atoms. The second-order valence-corrected chi connectivity index (χ2v) is 3.92. The summed E-state index contributed by atoms with van der Waals surface area (Å²) >= 11 is 0. The molecule has 0 aromatic heterocycles. The van der Waals surface area contributed by atoms with Crippen molar-refractivity contribution in [2.24, 2.45) is 0 Å². The van der Waals surface area contributed by atoms with Gasteiger partial charge in [-0.15, -0.1) is 0 Å². The zero-order valence-electron chi connectivity index (χ0n) is 9.37. The molecule has 94 valence electrons. The van der Waals surface area contributed by atoms with Gasteiger partial charge in [-0.2, -0.15) is 0 Å². The average Bonchev–Trinajstić information content (AvgIpc) is 2.22. The maximum absolute atomic E-state index is 11.2. The van der Waals surface area contributed by atoms with Gasteiger partial charge in [-0.1, -0.05) is 6.92 Å². The summed E-state index contributed by atoms with van der Waals surface area (Å²) in [6.07, 6.45) is -5.02. The van der Waals surface area contributed by atoms with Gasteiger partial charge in [0, 0.05) is 6.42 Å². The summed E-state index contributed by atoms with van der Waals surface area (Å²) in [7, 11) is 0. The highest BCUT2D eigenvalue weighted by Gasteiger charge is 2.44. The molecule has 1 aliphatic rings. The molecule has 1 saturated heterocycles. The molecule has 0 radical (unpaired) electrons. The molecule has 0 amide bonds. The highest BCUT2D eigenvalue weighted by Crippen LogP contribution is 2.22. The summed E-state index contributed by atoms with van der Waals surface area (Å²) < 4.78 is 9.76. The van der Waals surface area contributed by atoms with Crippen molar-refractivity contribution in [1.82, 2.24) is 0 Å². The first-order valence-corrected chi connectivity index (χ1v) is 5.36. The lowest BCUT2D eigenvalue weighted by atomic mass is 10.00. The van der Waals surface area contributed by atoms with E-state index in [1.54, 1.807) is 0 Å². The summed E-state index contributed by atoms with van der Waals surface area (Å²) in [4.78, 5) is 11.2. The number of aliphatic hydroxyl groups excluding tert-OH is 3. The Balaban J connectivity index is 2.63. The van der Waals surface area contributed by atoms with E-state index in [0.717, 1.165) is 0 Å². The van der Waals surface area contributed by atoms with Gasteiger partial charge in [0.2, 0.25) is 0 Å². The highest BCUT2D eigenvalue weighted by atomic mass is 16.6. The molecule has 1 aliphatic heterocycles. The van der Waals surface area contributed by atoms with Crippen molar-refractivity contribution in [1.29, 1.82) is 0 Å². The molecule has 1 fully saturated rings. The van der Waals surface area contributed by atoms with Crippen molar-refractivity contribution in [3.8, 4) is 0 Å². The van der Waals surface area contributed by atoms with E-state index >= 15 is 0 Å². The summed E-state index contributed by atoms with van der Waals surface area (Å²) in [6.45, 7) is 3.34. The summed E-state index contributed by atoms with van der Waals surface area (Å²) in [5, 5.41) is 28.5. The number of carbonyl (C=O) groups excluding carboxylic acids is 1. The molecule has 5 atom stereocenters. The fourth-order valence-corrected chi connectivity index (χ4v) is 1.57. The molecule has 0 unspecified atom stereocenters. The topological polar surface area (TPSA) is 96.2 Å². The molecule has 6 nitrogen and oxygen atoms in total. The van der Waals surface area contributed by atoms with Crippen LogP contribution in [-0.2, 0) is 14.3 Å². The van der Waals surface area contributed by atoms with Gasteiger partial charge in [0.15, 0.2) is 12.4 Å². The minimum Gasteiger partial charge on any atom is -0.456 e. The molecule has 0 aromatic rings. The van der Waals surface area contributed by atoms with Gasteiger partial charge in [-0.3, -0.25) is 4.79 Å². The Morgan fingerprint density at radius 2 is 1.94 bits per heavy atom. The number of ether oxygens (including phenoxy) is 2. The summed E-state index contributed by atoms with van der Waals surface area (Å²) in [6, 6.07) is 0. The van der Waals surface area contributed by atoms with Crippen LogP contribution in [0.2, 0.25) is 0 Å². The van der Waals surface area contributed by atoms with Crippen molar-refractivity contribution >= 4 is 5.97 Å². The molecule has 0 aromatic carbocycles. The SMILES string of the molecule is CCCC(=O)O[C@@H]1[C@@H](O)[C@@H](O)O[C@H](C)[C@H]1O. The lowest BCUT2D eigenvalue weighted by Crippen LogP contribution is -2.58. The molecular weight excluding hydrogens is 216 g/mol. The van der Waals surface area contributed by atoms with Crippen LogP contribution >= 0.6 is 0 Å². The Hall–Kier alpha value is -0.690. The van der Waals surface area contributed by atoms with Crippen LogP contribution in [0.5, 0.6) is 0 Å². The minimum atomic E-state index is -1.45. The zero-order valence-corrected chi connectivity index (χ0v) is 9.37. The average molecular weight is 234 g/mol. The molecule has 16 heavy (non-hydrogen) atoms. The fraction of sp³-hybridized carbons (Fsp3) is 0.900. The lowest BCUT2D eigenvalue weighted by molar-refractivity contribution is -0.281. The molecule has 0 aliphatic carbocycles. The summed E-state index contributed by atoms with van der Waals surface area (Å²) in [5.41, 5.74) is 0. The van der Waals surface area contributed by atoms with Gasteiger partial charge in [0.05, 0.1) is 6.10 Å². The summed E-state index contributed by atoms with van der Waals surface area (Å²) in [5.74, 6) is -0.507. The van der Waals surface area contributed by atoms with Crippen molar-refractivity contribution in [2.45, 2.75) is 57.4 Å². The maximum Gasteiger partial charge on any atom is 0.306 e. The van der Waals surface area contributed by atoms with Crippen LogP contribution in [-0.4, -0.2) is 52.0 Å². The van der Waals surface area contributed by atoms with Crippen molar-refractivity contribution < 1.29 is 29.6 Å². The third-order valence-electron chi connectivity index (χ3n) is 2.52. The largest absolute Gasteiger partial charge is 0.456 e. The first-order valence-electron chi connectivity index (χ1n) is 5.36. The molecule has 1 heterocycles. The minimum absolute atomic E-state index is 0.210. The van der Waals surface area contributed by atoms with Crippen LogP contribution in [0.1, 0.15) is 26.7 Å². The third-order valence-corrected chi connectivity index (χ3v) is 2.52. The van der Waals surface area contributed by atoms with Crippen LogP contribution in [0.3, 0.4) is 0 Å². The second kappa shape index (κ2) is 5.58. The van der Waals surface area contributed by atoms with Gasteiger partial charge in [-0.05, 0) is 13.3 Å². The van der Waals surface area contributed by atoms with E-state index in [1.807, 2.05) is 6.92 Å². The first kappa shape index (κ1) is 13.4. The van der Waals surface area contributed by atoms with Crippen LogP contribution < -0.4 is 0 Å². The van der Waals surface area contributed by atoms with E-state index in [4.69, 9.17) is 9.47 Å². The van der Waals surface area contributed by atoms with E-state index in [9.17, 15) is 20.1 Å². The predicted molar refractivity (Wildman–Crippen MR) is 53.4 cm³/mol. The van der Waals surface area contributed by atoms with Gasteiger partial charge < -0.3 is 24.8 Å². The van der Waals surface area contributed by atoms with Crippen molar-refractivity contribution in [3.05, 3.63) is 0 Å². The third kappa shape index (κ3) is 2.91. The van der Waals surface area contributed by atoms with Gasteiger partial charge in [-0.25, -0.2) is 0 Å². The Bertz CT molecular complexity index is 229. The Kier molecular flexibility index (Phi) is 4.67. The van der Waals surface area contributed by atoms with Gasteiger partial charge >= 0.3 is 5.97 Å².